The van der Waals surface area contributed by atoms with Gasteiger partial charge in [-0.1, -0.05) is 16.8 Å². The minimum absolute atomic E-state index is 0.0212. The molecule has 174 valence electrons. The molecule has 4 rings (SSSR count). The Hall–Kier alpha value is -3.33. The smallest absolute Gasteiger partial charge is 0.258 e. The van der Waals surface area contributed by atoms with E-state index in [0.717, 1.165) is 36.4 Å². The van der Waals surface area contributed by atoms with Crippen molar-refractivity contribution in [1.29, 1.82) is 0 Å². The van der Waals surface area contributed by atoms with Crippen LogP contribution in [0.5, 0.6) is 11.5 Å². The molecule has 1 aliphatic rings. The van der Waals surface area contributed by atoms with E-state index in [4.69, 9.17) is 25.6 Å². The van der Waals surface area contributed by atoms with Crippen molar-refractivity contribution in [3.63, 3.8) is 0 Å². The predicted octanol–water partition coefficient (Wildman–Crippen LogP) is 3.54. The zero-order chi connectivity index (χ0) is 23.4. The minimum Gasteiger partial charge on any atom is -0.484 e. The first kappa shape index (κ1) is 22.8. The Morgan fingerprint density at radius 1 is 1.12 bits per heavy atom. The highest BCUT2D eigenvalue weighted by Crippen LogP contribution is 2.31. The number of aryl methyl sites for hydroxylation is 1. The predicted molar refractivity (Wildman–Crippen MR) is 119 cm³/mol. The van der Waals surface area contributed by atoms with Crippen LogP contribution in [0.4, 0.5) is 4.39 Å². The number of aromatic nitrogens is 1. The Labute approximate surface area is 194 Å². The summed E-state index contributed by atoms with van der Waals surface area (Å²) in [7, 11) is 0. The summed E-state index contributed by atoms with van der Waals surface area (Å²) in [5.41, 5.74) is 0.857. The van der Waals surface area contributed by atoms with Crippen molar-refractivity contribution in [2.75, 3.05) is 19.8 Å². The molecule has 8 nitrogen and oxygen atoms in total. The average molecular weight is 476 g/mol. The highest BCUT2D eigenvalue weighted by Gasteiger charge is 2.38. The second kappa shape index (κ2) is 9.66. The van der Waals surface area contributed by atoms with Crippen molar-refractivity contribution in [2.45, 2.75) is 31.7 Å². The molecule has 2 aromatic carbocycles. The van der Waals surface area contributed by atoms with Crippen LogP contribution in [0.3, 0.4) is 0 Å². The van der Waals surface area contributed by atoms with E-state index in [2.05, 4.69) is 15.8 Å². The molecule has 0 aliphatic heterocycles. The molecule has 1 aromatic heterocycles. The van der Waals surface area contributed by atoms with Crippen LogP contribution in [-0.4, -0.2) is 42.3 Å². The number of ether oxygens (including phenoxy) is 2. The van der Waals surface area contributed by atoms with Crippen LogP contribution < -0.4 is 20.1 Å². The van der Waals surface area contributed by atoms with Crippen LogP contribution in [0.2, 0.25) is 5.02 Å². The molecule has 0 bridgehead atoms. The van der Waals surface area contributed by atoms with Gasteiger partial charge in [0.1, 0.15) is 17.3 Å². The lowest BCUT2D eigenvalue weighted by Crippen LogP contribution is -2.60. The topological polar surface area (TPSA) is 103 Å². The van der Waals surface area contributed by atoms with Crippen molar-refractivity contribution < 1.29 is 28.0 Å². The van der Waals surface area contributed by atoms with E-state index in [9.17, 15) is 14.0 Å². The summed E-state index contributed by atoms with van der Waals surface area (Å²) in [6.45, 7) is 1.66. The molecule has 0 radical (unpaired) electrons. The molecule has 1 fully saturated rings. The number of nitrogens with zero attached hydrogens (tertiary/aromatic N) is 1. The van der Waals surface area contributed by atoms with Gasteiger partial charge in [0, 0.05) is 24.1 Å². The number of nitrogens with one attached hydrogen (secondary N) is 2. The molecule has 1 heterocycles. The van der Waals surface area contributed by atoms with Gasteiger partial charge >= 0.3 is 0 Å². The Morgan fingerprint density at radius 3 is 2.52 bits per heavy atom. The van der Waals surface area contributed by atoms with Crippen LogP contribution >= 0.6 is 11.6 Å². The Kier molecular flexibility index (Phi) is 6.69. The van der Waals surface area contributed by atoms with Crippen LogP contribution in [0.15, 0.2) is 40.9 Å². The largest absolute Gasteiger partial charge is 0.484 e. The van der Waals surface area contributed by atoms with E-state index in [-0.39, 0.29) is 42.3 Å². The molecule has 1 aliphatic carbocycles. The lowest BCUT2D eigenvalue weighted by Gasteiger charge is -2.42. The quantitative estimate of drug-likeness (QED) is 0.490. The maximum absolute atomic E-state index is 13.5. The first-order valence-corrected chi connectivity index (χ1v) is 10.9. The standard InChI is InChI=1S/C23H23ClFN3O5/c1-14-17-5-3-16(10-20(17)33-28-14)32-12-22(30)27-23(7-2-8-23)13-26-21(29)11-31-15-4-6-18(24)19(25)9-15/h3-6,9-10H,2,7-8,11-13H2,1H3,(H,26,29)(H,27,30). The molecule has 0 atom stereocenters. The first-order chi connectivity index (χ1) is 15.8. The van der Waals surface area contributed by atoms with Crippen LogP contribution in [0.25, 0.3) is 11.0 Å². The van der Waals surface area contributed by atoms with Crippen molar-refractivity contribution >= 4 is 34.4 Å². The van der Waals surface area contributed by atoms with E-state index in [0.29, 0.717) is 11.3 Å². The third-order valence-corrected chi connectivity index (χ3v) is 5.90. The van der Waals surface area contributed by atoms with Gasteiger partial charge in [-0.2, -0.15) is 0 Å². The molecular weight excluding hydrogens is 453 g/mol. The van der Waals surface area contributed by atoms with E-state index in [1.807, 2.05) is 13.0 Å². The van der Waals surface area contributed by atoms with Gasteiger partial charge in [0.15, 0.2) is 18.8 Å². The van der Waals surface area contributed by atoms with Crippen molar-refractivity contribution in [3.8, 4) is 11.5 Å². The summed E-state index contributed by atoms with van der Waals surface area (Å²) in [5.74, 6) is -0.581. The normalized spacial score (nSPS) is 14.4. The van der Waals surface area contributed by atoms with Gasteiger partial charge in [0.2, 0.25) is 0 Å². The SMILES string of the molecule is Cc1noc2cc(OCC(=O)NC3(CNC(=O)COc4ccc(Cl)c(F)c4)CCC3)ccc12. The van der Waals surface area contributed by atoms with E-state index in [1.165, 1.54) is 12.1 Å². The molecular formula is C23H23ClFN3O5. The first-order valence-electron chi connectivity index (χ1n) is 10.5. The van der Waals surface area contributed by atoms with Crippen molar-refractivity contribution in [3.05, 3.63) is 52.9 Å². The van der Waals surface area contributed by atoms with E-state index < -0.39 is 11.4 Å². The molecule has 10 heteroatoms. The lowest BCUT2D eigenvalue weighted by atomic mass is 9.76. The Morgan fingerprint density at radius 2 is 1.82 bits per heavy atom. The summed E-state index contributed by atoms with van der Waals surface area (Å²) in [6.07, 6.45) is 2.43. The van der Waals surface area contributed by atoms with Gasteiger partial charge in [0.25, 0.3) is 11.8 Å². The number of carbonyl (C=O) groups is 2. The highest BCUT2D eigenvalue weighted by atomic mass is 35.5. The fourth-order valence-corrected chi connectivity index (χ4v) is 3.72. The number of carbonyl (C=O) groups excluding carboxylic acids is 2. The summed E-state index contributed by atoms with van der Waals surface area (Å²) in [5, 5.41) is 10.5. The van der Waals surface area contributed by atoms with Crippen LogP contribution in [0.1, 0.15) is 25.0 Å². The maximum atomic E-state index is 13.5. The maximum Gasteiger partial charge on any atom is 0.258 e. The molecule has 0 saturated heterocycles. The zero-order valence-corrected chi connectivity index (χ0v) is 18.7. The third-order valence-electron chi connectivity index (χ3n) is 5.59. The number of hydrogen-bond acceptors (Lipinski definition) is 6. The van der Waals surface area contributed by atoms with Gasteiger partial charge < -0.3 is 24.6 Å². The van der Waals surface area contributed by atoms with Gasteiger partial charge in [0.05, 0.1) is 16.3 Å². The van der Waals surface area contributed by atoms with E-state index in [1.54, 1.807) is 12.1 Å². The third kappa shape index (κ3) is 5.54. The Balaban J connectivity index is 1.23. The fourth-order valence-electron chi connectivity index (χ4n) is 3.60. The fraction of sp³-hybridized carbons (Fsp3) is 0.348. The van der Waals surface area contributed by atoms with Crippen LogP contribution in [0, 0.1) is 12.7 Å². The number of fused-ring (bicyclic) bond motifs is 1. The minimum atomic E-state index is -0.621. The monoisotopic (exact) mass is 475 g/mol. The average Bonchev–Trinajstić information content (AvgIpc) is 3.15. The van der Waals surface area contributed by atoms with Gasteiger partial charge in [-0.3, -0.25) is 9.59 Å². The molecule has 2 N–H and O–H groups in total. The summed E-state index contributed by atoms with van der Waals surface area (Å²) in [6, 6.07) is 9.23. The lowest BCUT2D eigenvalue weighted by molar-refractivity contribution is -0.128. The molecule has 0 spiro atoms. The molecule has 0 unspecified atom stereocenters. The summed E-state index contributed by atoms with van der Waals surface area (Å²) < 4.78 is 29.5. The molecule has 2 amide bonds. The van der Waals surface area contributed by atoms with Gasteiger partial charge in [-0.25, -0.2) is 4.39 Å². The van der Waals surface area contributed by atoms with Crippen LogP contribution in [-0.2, 0) is 9.59 Å². The zero-order valence-electron chi connectivity index (χ0n) is 18.0. The van der Waals surface area contributed by atoms with E-state index >= 15 is 0 Å². The number of hydrogen-bond donors (Lipinski definition) is 2. The number of amides is 2. The number of halogens is 2. The summed E-state index contributed by atoms with van der Waals surface area (Å²) in [4.78, 5) is 24.6. The van der Waals surface area contributed by atoms with Gasteiger partial charge in [-0.05, 0) is 50.5 Å². The number of benzene rings is 2. The number of rotatable bonds is 9. The molecule has 33 heavy (non-hydrogen) atoms. The second-order valence-corrected chi connectivity index (χ2v) is 8.45. The molecule has 1 saturated carbocycles. The Bertz CT molecular complexity index is 1180. The van der Waals surface area contributed by atoms with Crippen molar-refractivity contribution in [2.24, 2.45) is 0 Å². The molecule has 3 aromatic rings. The van der Waals surface area contributed by atoms with Gasteiger partial charge in [-0.15, -0.1) is 0 Å². The summed E-state index contributed by atoms with van der Waals surface area (Å²) >= 11 is 5.63. The second-order valence-electron chi connectivity index (χ2n) is 8.04. The van der Waals surface area contributed by atoms with Crippen molar-refractivity contribution in [1.82, 2.24) is 15.8 Å². The highest BCUT2D eigenvalue weighted by molar-refractivity contribution is 6.30.